The number of hydrogen-bond acceptors (Lipinski definition) is 3. The van der Waals surface area contributed by atoms with Crippen LogP contribution >= 0.6 is 0 Å². The van der Waals surface area contributed by atoms with Crippen molar-refractivity contribution in [3.63, 3.8) is 0 Å². The van der Waals surface area contributed by atoms with Crippen LogP contribution in [0.2, 0.25) is 0 Å². The van der Waals surface area contributed by atoms with Crippen LogP contribution in [0.5, 0.6) is 0 Å². The molecule has 0 saturated carbocycles. The summed E-state index contributed by atoms with van der Waals surface area (Å²) in [5.74, 6) is 0.302. The summed E-state index contributed by atoms with van der Waals surface area (Å²) in [5, 5.41) is 17.1. The number of carbonyl (C=O) groups excluding carboxylic acids is 1. The summed E-state index contributed by atoms with van der Waals surface area (Å²) in [7, 11) is 0. The number of nitrogens with one attached hydrogen (secondary N) is 1. The number of carbonyl (C=O) groups is 1. The Bertz CT molecular complexity index is 528. The first kappa shape index (κ1) is 16.8. The smallest absolute Gasteiger partial charge is 0.321 e. The Balaban J connectivity index is 2.01. The molecule has 2 amide bonds. The minimum atomic E-state index is -0.293. The fraction of sp³-hybridized carbons (Fsp3) is 0.750. The third kappa shape index (κ3) is 3.43. The maximum atomic E-state index is 12.4. The Morgan fingerprint density at radius 3 is 2.32 bits per heavy atom. The van der Waals surface area contributed by atoms with Crippen LogP contribution in [0.3, 0.4) is 0 Å². The van der Waals surface area contributed by atoms with Gasteiger partial charge in [-0.3, -0.25) is 4.68 Å². The van der Waals surface area contributed by atoms with Crippen LogP contribution in [-0.4, -0.2) is 45.0 Å². The van der Waals surface area contributed by atoms with Gasteiger partial charge in [0.05, 0.1) is 23.2 Å². The molecule has 0 spiro atoms. The van der Waals surface area contributed by atoms with Crippen LogP contribution in [-0.2, 0) is 0 Å². The lowest BCUT2D eigenvalue weighted by molar-refractivity contribution is 0.0820. The highest BCUT2D eigenvalue weighted by molar-refractivity contribution is 5.90. The number of anilines is 1. The van der Waals surface area contributed by atoms with E-state index in [0.29, 0.717) is 19.0 Å². The number of urea groups is 1. The Kier molecular flexibility index (Phi) is 5.11. The third-order valence-corrected chi connectivity index (χ3v) is 4.56. The average molecular weight is 308 g/mol. The fourth-order valence-corrected chi connectivity index (χ4v) is 3.12. The first-order valence-corrected chi connectivity index (χ1v) is 8.11. The summed E-state index contributed by atoms with van der Waals surface area (Å²) < 4.78 is 1.94. The average Bonchev–Trinajstić information content (AvgIpc) is 2.75. The molecule has 2 rings (SSSR count). The zero-order valence-corrected chi connectivity index (χ0v) is 14.3. The summed E-state index contributed by atoms with van der Waals surface area (Å²) in [6.07, 6.45) is 1.42. The van der Waals surface area contributed by atoms with Gasteiger partial charge in [0.15, 0.2) is 0 Å². The van der Waals surface area contributed by atoms with Gasteiger partial charge in [0, 0.05) is 19.1 Å². The van der Waals surface area contributed by atoms with Crippen LogP contribution in [0, 0.1) is 19.8 Å². The predicted molar refractivity (Wildman–Crippen MR) is 87.1 cm³/mol. The van der Waals surface area contributed by atoms with Gasteiger partial charge in [0.25, 0.3) is 0 Å². The minimum Gasteiger partial charge on any atom is -0.393 e. The molecule has 0 radical (unpaired) electrons. The van der Waals surface area contributed by atoms with Crippen molar-refractivity contribution in [3.05, 3.63) is 11.4 Å². The number of amides is 2. The zero-order chi connectivity index (χ0) is 16.4. The second-order valence-corrected chi connectivity index (χ2v) is 6.58. The van der Waals surface area contributed by atoms with Gasteiger partial charge in [-0.15, -0.1) is 0 Å². The normalized spacial score (nSPS) is 17.9. The number of aliphatic hydroxyl groups is 1. The standard InChI is InChI=1S/C16H28N4O2/c1-10(2)20-12(4)15(11(3)18-20)17-16(22)19-8-6-14(7-9-19)13(5)21/h10,13-14,21H,6-9H2,1-5H3,(H,17,22). The molecule has 1 aromatic rings. The SMILES string of the molecule is Cc1nn(C(C)C)c(C)c1NC(=O)N1CCC(C(C)O)CC1. The lowest BCUT2D eigenvalue weighted by Gasteiger charge is -2.33. The Hall–Kier alpha value is -1.56. The molecule has 2 heterocycles. The van der Waals surface area contributed by atoms with Crippen LogP contribution in [0.1, 0.15) is 51.0 Å². The van der Waals surface area contributed by atoms with Gasteiger partial charge in [-0.1, -0.05) is 0 Å². The van der Waals surface area contributed by atoms with E-state index in [-0.39, 0.29) is 18.2 Å². The molecule has 1 aliphatic heterocycles. The van der Waals surface area contributed by atoms with Crippen molar-refractivity contribution in [2.45, 2.75) is 59.6 Å². The highest BCUT2D eigenvalue weighted by Gasteiger charge is 2.26. The van der Waals surface area contributed by atoms with E-state index >= 15 is 0 Å². The molecule has 1 atom stereocenters. The number of rotatable bonds is 3. The lowest BCUT2D eigenvalue weighted by Crippen LogP contribution is -2.43. The highest BCUT2D eigenvalue weighted by atomic mass is 16.3. The van der Waals surface area contributed by atoms with Crippen molar-refractivity contribution in [1.82, 2.24) is 14.7 Å². The number of likely N-dealkylation sites (tertiary alicyclic amines) is 1. The second-order valence-electron chi connectivity index (χ2n) is 6.58. The summed E-state index contributed by atoms with van der Waals surface area (Å²) in [6.45, 7) is 11.3. The largest absolute Gasteiger partial charge is 0.393 e. The van der Waals surface area contributed by atoms with E-state index in [1.807, 2.05) is 30.4 Å². The maximum absolute atomic E-state index is 12.4. The van der Waals surface area contributed by atoms with E-state index in [4.69, 9.17) is 0 Å². The van der Waals surface area contributed by atoms with Gasteiger partial charge in [-0.25, -0.2) is 4.79 Å². The molecule has 1 unspecified atom stereocenters. The van der Waals surface area contributed by atoms with Crippen molar-refractivity contribution in [2.24, 2.45) is 5.92 Å². The van der Waals surface area contributed by atoms with E-state index in [9.17, 15) is 9.90 Å². The zero-order valence-electron chi connectivity index (χ0n) is 14.3. The van der Waals surface area contributed by atoms with Crippen LogP contribution in [0.4, 0.5) is 10.5 Å². The molecule has 0 bridgehead atoms. The highest BCUT2D eigenvalue weighted by Crippen LogP contribution is 2.24. The number of aromatic nitrogens is 2. The molecule has 22 heavy (non-hydrogen) atoms. The molecular formula is C16H28N4O2. The number of nitrogens with zero attached hydrogens (tertiary/aromatic N) is 3. The molecule has 0 aliphatic carbocycles. The number of aliphatic hydroxyl groups excluding tert-OH is 1. The predicted octanol–water partition coefficient (Wildman–Crippen LogP) is 2.71. The first-order valence-electron chi connectivity index (χ1n) is 8.11. The third-order valence-electron chi connectivity index (χ3n) is 4.56. The Labute approximate surface area is 132 Å². The van der Waals surface area contributed by atoms with Gasteiger partial charge < -0.3 is 15.3 Å². The van der Waals surface area contributed by atoms with Gasteiger partial charge in [-0.2, -0.15) is 5.10 Å². The van der Waals surface area contributed by atoms with E-state index in [2.05, 4.69) is 24.3 Å². The number of hydrogen-bond donors (Lipinski definition) is 2. The number of aryl methyl sites for hydroxylation is 1. The number of piperidine rings is 1. The molecule has 0 aromatic carbocycles. The summed E-state index contributed by atoms with van der Waals surface area (Å²) in [4.78, 5) is 14.3. The lowest BCUT2D eigenvalue weighted by atomic mass is 9.92. The van der Waals surface area contributed by atoms with E-state index in [0.717, 1.165) is 29.9 Å². The van der Waals surface area contributed by atoms with E-state index in [1.165, 1.54) is 0 Å². The Morgan fingerprint density at radius 1 is 1.27 bits per heavy atom. The molecule has 124 valence electrons. The molecule has 1 aromatic heterocycles. The molecule has 1 saturated heterocycles. The Morgan fingerprint density at radius 2 is 1.86 bits per heavy atom. The van der Waals surface area contributed by atoms with Crippen molar-refractivity contribution in [1.29, 1.82) is 0 Å². The van der Waals surface area contributed by atoms with E-state index < -0.39 is 0 Å². The summed E-state index contributed by atoms with van der Waals surface area (Å²) in [5.41, 5.74) is 2.65. The van der Waals surface area contributed by atoms with E-state index in [1.54, 1.807) is 0 Å². The molecule has 6 nitrogen and oxygen atoms in total. The summed E-state index contributed by atoms with van der Waals surface area (Å²) >= 11 is 0. The monoisotopic (exact) mass is 308 g/mol. The van der Waals surface area contributed by atoms with Gasteiger partial charge in [-0.05, 0) is 53.4 Å². The fourth-order valence-electron chi connectivity index (χ4n) is 3.12. The first-order chi connectivity index (χ1) is 10.3. The van der Waals surface area contributed by atoms with Gasteiger partial charge >= 0.3 is 6.03 Å². The second kappa shape index (κ2) is 6.69. The van der Waals surface area contributed by atoms with Crippen molar-refractivity contribution < 1.29 is 9.90 Å². The van der Waals surface area contributed by atoms with Crippen molar-refractivity contribution in [2.75, 3.05) is 18.4 Å². The maximum Gasteiger partial charge on any atom is 0.321 e. The van der Waals surface area contributed by atoms with Gasteiger partial charge in [0.1, 0.15) is 0 Å². The molecule has 1 aliphatic rings. The van der Waals surface area contributed by atoms with Crippen LogP contribution in [0.25, 0.3) is 0 Å². The molecule has 6 heteroatoms. The summed E-state index contributed by atoms with van der Waals surface area (Å²) in [6, 6.07) is 0.199. The van der Waals surface area contributed by atoms with Gasteiger partial charge in [0.2, 0.25) is 0 Å². The molecule has 1 fully saturated rings. The molecule has 2 N–H and O–H groups in total. The van der Waals surface area contributed by atoms with Crippen molar-refractivity contribution in [3.8, 4) is 0 Å². The minimum absolute atomic E-state index is 0.0708. The van der Waals surface area contributed by atoms with Crippen LogP contribution in [0.15, 0.2) is 0 Å². The quantitative estimate of drug-likeness (QED) is 0.902. The molecular weight excluding hydrogens is 280 g/mol. The van der Waals surface area contributed by atoms with Crippen LogP contribution < -0.4 is 5.32 Å². The topological polar surface area (TPSA) is 70.4 Å². The van der Waals surface area contributed by atoms with Crippen molar-refractivity contribution >= 4 is 11.7 Å².